The first-order valence-electron chi connectivity index (χ1n) is 10.4. The minimum absolute atomic E-state index is 0.0659. The van der Waals surface area contributed by atoms with Crippen LogP contribution >= 0.6 is 0 Å². The SMILES string of the molecule is CCCn1c(=O)n(CCC(=O)NCCCCOc2ccc(F)cc2)c2ccccc21. The quantitative estimate of drug-likeness (QED) is 0.487. The molecule has 0 saturated carbocycles. The molecule has 1 N–H and O–H groups in total. The maximum atomic E-state index is 12.8. The number of para-hydroxylation sites is 2. The van der Waals surface area contributed by atoms with Crippen LogP contribution in [0.2, 0.25) is 0 Å². The first-order chi connectivity index (χ1) is 14.6. The van der Waals surface area contributed by atoms with E-state index in [4.69, 9.17) is 4.74 Å². The van der Waals surface area contributed by atoms with Gasteiger partial charge in [-0.2, -0.15) is 0 Å². The molecule has 3 rings (SSSR count). The van der Waals surface area contributed by atoms with Crippen molar-refractivity contribution in [3.63, 3.8) is 0 Å². The molecule has 0 fully saturated rings. The lowest BCUT2D eigenvalue weighted by molar-refractivity contribution is -0.121. The van der Waals surface area contributed by atoms with Gasteiger partial charge >= 0.3 is 5.69 Å². The maximum Gasteiger partial charge on any atom is 0.329 e. The normalized spacial score (nSPS) is 11.0. The zero-order valence-electron chi connectivity index (χ0n) is 17.3. The van der Waals surface area contributed by atoms with Gasteiger partial charge < -0.3 is 10.1 Å². The number of rotatable bonds is 11. The van der Waals surface area contributed by atoms with Crippen molar-refractivity contribution in [3.8, 4) is 5.75 Å². The molecular formula is C23H28FN3O3. The van der Waals surface area contributed by atoms with Gasteiger partial charge in [-0.1, -0.05) is 19.1 Å². The van der Waals surface area contributed by atoms with Gasteiger partial charge in [0.2, 0.25) is 5.91 Å². The van der Waals surface area contributed by atoms with E-state index >= 15 is 0 Å². The van der Waals surface area contributed by atoms with Crippen molar-refractivity contribution in [3.05, 3.63) is 64.8 Å². The van der Waals surface area contributed by atoms with Crippen molar-refractivity contribution in [1.29, 1.82) is 0 Å². The summed E-state index contributed by atoms with van der Waals surface area (Å²) in [6.45, 7) is 4.12. The summed E-state index contributed by atoms with van der Waals surface area (Å²) in [4.78, 5) is 24.9. The molecule has 1 aromatic heterocycles. The topological polar surface area (TPSA) is 65.3 Å². The van der Waals surface area contributed by atoms with Gasteiger partial charge in [-0.3, -0.25) is 13.9 Å². The number of imidazole rings is 1. The van der Waals surface area contributed by atoms with Gasteiger partial charge in [-0.15, -0.1) is 0 Å². The zero-order chi connectivity index (χ0) is 21.3. The Hall–Kier alpha value is -3.09. The number of ether oxygens (including phenoxy) is 1. The summed E-state index contributed by atoms with van der Waals surface area (Å²) in [6, 6.07) is 13.6. The van der Waals surface area contributed by atoms with Gasteiger partial charge in [0, 0.05) is 26.1 Å². The number of hydrogen-bond donors (Lipinski definition) is 1. The Morgan fingerprint density at radius 3 is 2.33 bits per heavy atom. The number of hydrogen-bond acceptors (Lipinski definition) is 3. The molecule has 0 aliphatic heterocycles. The molecule has 3 aromatic rings. The fraction of sp³-hybridized carbons (Fsp3) is 0.391. The number of nitrogens with zero attached hydrogens (tertiary/aromatic N) is 2. The third-order valence-electron chi connectivity index (χ3n) is 4.91. The Morgan fingerprint density at radius 1 is 1.00 bits per heavy atom. The second-order valence-electron chi connectivity index (χ2n) is 7.18. The molecule has 0 atom stereocenters. The van der Waals surface area contributed by atoms with E-state index in [0.717, 1.165) is 30.3 Å². The standard InChI is InChI=1S/C23H28FN3O3/c1-2-15-26-20-7-3-4-8-21(20)27(23(26)29)16-13-22(28)25-14-5-6-17-30-19-11-9-18(24)10-12-19/h3-4,7-12H,2,5-6,13-17H2,1H3,(H,25,28). The number of benzene rings is 2. The van der Waals surface area contributed by atoms with Crippen LogP contribution in [-0.2, 0) is 17.9 Å². The van der Waals surface area contributed by atoms with E-state index in [0.29, 0.717) is 32.0 Å². The second-order valence-corrected chi connectivity index (χ2v) is 7.18. The van der Waals surface area contributed by atoms with Crippen molar-refractivity contribution in [2.45, 2.75) is 45.7 Å². The van der Waals surface area contributed by atoms with Gasteiger partial charge in [0.15, 0.2) is 0 Å². The molecule has 0 aliphatic rings. The number of nitrogens with one attached hydrogen (secondary N) is 1. The number of carbonyl (C=O) groups is 1. The largest absolute Gasteiger partial charge is 0.494 e. The van der Waals surface area contributed by atoms with Crippen LogP contribution < -0.4 is 15.7 Å². The van der Waals surface area contributed by atoms with Gasteiger partial charge in [0.25, 0.3) is 0 Å². The molecule has 30 heavy (non-hydrogen) atoms. The molecule has 0 bridgehead atoms. The van der Waals surface area contributed by atoms with E-state index in [2.05, 4.69) is 5.32 Å². The van der Waals surface area contributed by atoms with Crippen LogP contribution in [0.4, 0.5) is 4.39 Å². The fourth-order valence-corrected chi connectivity index (χ4v) is 3.41. The fourth-order valence-electron chi connectivity index (χ4n) is 3.41. The zero-order valence-corrected chi connectivity index (χ0v) is 17.3. The van der Waals surface area contributed by atoms with Gasteiger partial charge in [0.05, 0.1) is 17.6 Å². The summed E-state index contributed by atoms with van der Waals surface area (Å²) < 4.78 is 21.8. The molecule has 0 aliphatic carbocycles. The molecule has 160 valence electrons. The predicted octanol–water partition coefficient (Wildman–Crippen LogP) is 3.72. The molecule has 0 unspecified atom stereocenters. The van der Waals surface area contributed by atoms with Crippen LogP contribution in [0, 0.1) is 5.82 Å². The summed E-state index contributed by atoms with van der Waals surface area (Å²) in [5.41, 5.74) is 1.70. The van der Waals surface area contributed by atoms with E-state index in [1.807, 2.05) is 31.2 Å². The molecule has 7 heteroatoms. The minimum Gasteiger partial charge on any atom is -0.494 e. The highest BCUT2D eigenvalue weighted by molar-refractivity contribution is 5.78. The number of amides is 1. The lowest BCUT2D eigenvalue weighted by Crippen LogP contribution is -2.29. The number of fused-ring (bicyclic) bond motifs is 1. The molecule has 6 nitrogen and oxygen atoms in total. The smallest absolute Gasteiger partial charge is 0.329 e. The summed E-state index contributed by atoms with van der Waals surface area (Å²) in [6.07, 6.45) is 2.69. The van der Waals surface area contributed by atoms with Crippen LogP contribution in [-0.4, -0.2) is 28.2 Å². The molecule has 0 spiro atoms. The van der Waals surface area contributed by atoms with E-state index in [9.17, 15) is 14.0 Å². The molecule has 1 amide bonds. The summed E-state index contributed by atoms with van der Waals surface area (Å²) >= 11 is 0. The Balaban J connectivity index is 1.41. The number of halogens is 1. The van der Waals surface area contributed by atoms with Crippen molar-refractivity contribution in [2.75, 3.05) is 13.2 Å². The third-order valence-corrected chi connectivity index (χ3v) is 4.91. The monoisotopic (exact) mass is 413 g/mol. The molecule has 0 saturated heterocycles. The van der Waals surface area contributed by atoms with Crippen LogP contribution in [0.25, 0.3) is 11.0 Å². The van der Waals surface area contributed by atoms with Gasteiger partial charge in [-0.25, -0.2) is 9.18 Å². The summed E-state index contributed by atoms with van der Waals surface area (Å²) in [7, 11) is 0. The average molecular weight is 413 g/mol. The van der Waals surface area contributed by atoms with Crippen LogP contribution in [0.15, 0.2) is 53.3 Å². The maximum absolute atomic E-state index is 12.8. The van der Waals surface area contributed by atoms with Crippen molar-refractivity contribution in [1.82, 2.24) is 14.5 Å². The Bertz CT molecular complexity index is 1020. The Kier molecular flexibility index (Phi) is 7.65. The van der Waals surface area contributed by atoms with Crippen molar-refractivity contribution >= 4 is 16.9 Å². The molecular weight excluding hydrogens is 385 g/mol. The highest BCUT2D eigenvalue weighted by atomic mass is 19.1. The minimum atomic E-state index is -0.290. The van der Waals surface area contributed by atoms with Crippen LogP contribution in [0.5, 0.6) is 5.75 Å². The average Bonchev–Trinajstić information content (AvgIpc) is 3.02. The number of aromatic nitrogens is 2. The number of carbonyl (C=O) groups excluding carboxylic acids is 1. The van der Waals surface area contributed by atoms with Crippen molar-refractivity contribution in [2.24, 2.45) is 0 Å². The third kappa shape index (κ3) is 5.49. The van der Waals surface area contributed by atoms with E-state index in [1.54, 1.807) is 21.3 Å². The second kappa shape index (κ2) is 10.6. The van der Waals surface area contributed by atoms with Crippen molar-refractivity contribution < 1.29 is 13.9 Å². The first kappa shape index (κ1) is 21.6. The highest BCUT2D eigenvalue weighted by Crippen LogP contribution is 2.14. The van der Waals surface area contributed by atoms with Crippen LogP contribution in [0.1, 0.15) is 32.6 Å². The van der Waals surface area contributed by atoms with E-state index < -0.39 is 0 Å². The first-order valence-corrected chi connectivity index (χ1v) is 10.4. The molecule has 1 heterocycles. The van der Waals surface area contributed by atoms with Crippen LogP contribution in [0.3, 0.4) is 0 Å². The van der Waals surface area contributed by atoms with E-state index in [-0.39, 0.29) is 23.8 Å². The molecule has 0 radical (unpaired) electrons. The van der Waals surface area contributed by atoms with Gasteiger partial charge in [0.1, 0.15) is 11.6 Å². The number of aryl methyl sites for hydroxylation is 2. The predicted molar refractivity (Wildman–Crippen MR) is 115 cm³/mol. The number of unbranched alkanes of at least 4 members (excludes halogenated alkanes) is 1. The summed E-state index contributed by atoms with van der Waals surface area (Å²) in [5, 5.41) is 2.89. The van der Waals surface area contributed by atoms with Gasteiger partial charge in [-0.05, 0) is 55.7 Å². The molecule has 2 aromatic carbocycles. The lowest BCUT2D eigenvalue weighted by Gasteiger charge is -2.08. The Labute approximate surface area is 175 Å². The lowest BCUT2D eigenvalue weighted by atomic mass is 10.3. The van der Waals surface area contributed by atoms with E-state index in [1.165, 1.54) is 12.1 Å². The Morgan fingerprint density at radius 2 is 1.67 bits per heavy atom. The summed E-state index contributed by atoms with van der Waals surface area (Å²) in [5.74, 6) is 0.268. The highest BCUT2D eigenvalue weighted by Gasteiger charge is 2.13.